The molecule has 0 saturated heterocycles. The van der Waals surface area contributed by atoms with Crippen LogP contribution in [0.25, 0.3) is 11.3 Å². The normalized spacial score (nSPS) is 10.0. The molecule has 2 rings (SSSR count). The van der Waals surface area contributed by atoms with Gasteiger partial charge in [-0.05, 0) is 24.3 Å². The summed E-state index contributed by atoms with van der Waals surface area (Å²) in [6.07, 6.45) is 3.34. The fourth-order valence-corrected chi connectivity index (χ4v) is 1.18. The van der Waals surface area contributed by atoms with Crippen molar-refractivity contribution < 1.29 is 0 Å². The highest BCUT2D eigenvalue weighted by atomic mass is 16.1. The molecule has 0 spiro atoms. The molecule has 2 aromatic rings. The van der Waals surface area contributed by atoms with E-state index in [1.54, 1.807) is 24.5 Å². The molecule has 0 aromatic carbocycles. The molecule has 3 N–H and O–H groups in total. The van der Waals surface area contributed by atoms with E-state index >= 15 is 0 Å². The minimum absolute atomic E-state index is 0.225. The van der Waals surface area contributed by atoms with Crippen molar-refractivity contribution in [2.24, 2.45) is 0 Å². The third kappa shape index (κ3) is 1.50. The number of anilines is 1. The number of nitrogens with one attached hydrogen (secondary N) is 1. The Hall–Kier alpha value is -2.10. The summed E-state index contributed by atoms with van der Waals surface area (Å²) >= 11 is 0. The lowest BCUT2D eigenvalue weighted by molar-refractivity contribution is 1.23. The van der Waals surface area contributed by atoms with Gasteiger partial charge in [0.05, 0.1) is 5.69 Å². The molecule has 0 aliphatic carbocycles. The van der Waals surface area contributed by atoms with Crippen LogP contribution in [0.2, 0.25) is 0 Å². The summed E-state index contributed by atoms with van der Waals surface area (Å²) in [7, 11) is 0. The second-order valence-electron chi connectivity index (χ2n) is 2.89. The lowest BCUT2D eigenvalue weighted by atomic mass is 10.2. The second kappa shape index (κ2) is 3.33. The minimum atomic E-state index is -0.265. The van der Waals surface area contributed by atoms with E-state index in [-0.39, 0.29) is 11.2 Å². The van der Waals surface area contributed by atoms with Gasteiger partial charge in [0.25, 0.3) is 5.56 Å². The van der Waals surface area contributed by atoms with Gasteiger partial charge < -0.3 is 10.7 Å². The quantitative estimate of drug-likeness (QED) is 0.700. The molecule has 0 bridgehead atoms. The zero-order chi connectivity index (χ0) is 9.97. The van der Waals surface area contributed by atoms with Crippen LogP contribution >= 0.6 is 0 Å². The molecule has 0 unspecified atom stereocenters. The Bertz CT molecular complexity index is 490. The SMILES string of the molecule is Nc1ccc(-c2ccncc2)[nH]c1=O. The molecule has 0 fully saturated rings. The Morgan fingerprint density at radius 1 is 1.14 bits per heavy atom. The molecule has 0 saturated carbocycles. The van der Waals surface area contributed by atoms with E-state index < -0.39 is 0 Å². The molecule has 2 aromatic heterocycles. The van der Waals surface area contributed by atoms with Gasteiger partial charge in [-0.25, -0.2) is 0 Å². The van der Waals surface area contributed by atoms with Crippen LogP contribution in [-0.4, -0.2) is 9.97 Å². The molecule has 4 nitrogen and oxygen atoms in total. The zero-order valence-corrected chi connectivity index (χ0v) is 7.40. The molecule has 0 amide bonds. The minimum Gasteiger partial charge on any atom is -0.394 e. The van der Waals surface area contributed by atoms with Crippen molar-refractivity contribution in [2.45, 2.75) is 0 Å². The Balaban J connectivity index is 2.54. The summed E-state index contributed by atoms with van der Waals surface area (Å²) in [5, 5.41) is 0. The fourth-order valence-electron chi connectivity index (χ4n) is 1.18. The van der Waals surface area contributed by atoms with E-state index in [9.17, 15) is 4.79 Å². The molecule has 0 aliphatic rings. The maximum Gasteiger partial charge on any atom is 0.271 e. The number of rotatable bonds is 1. The van der Waals surface area contributed by atoms with Crippen LogP contribution in [0, 0.1) is 0 Å². The summed E-state index contributed by atoms with van der Waals surface area (Å²) in [5.74, 6) is 0. The maximum atomic E-state index is 11.2. The van der Waals surface area contributed by atoms with Gasteiger partial charge in [-0.1, -0.05) is 0 Å². The highest BCUT2D eigenvalue weighted by Gasteiger charge is 1.98. The summed E-state index contributed by atoms with van der Waals surface area (Å²) in [6.45, 7) is 0. The summed E-state index contributed by atoms with van der Waals surface area (Å²) in [5.41, 5.74) is 7.03. The first-order valence-corrected chi connectivity index (χ1v) is 4.16. The van der Waals surface area contributed by atoms with E-state index in [4.69, 9.17) is 5.73 Å². The standard InChI is InChI=1S/C10H9N3O/c11-8-1-2-9(13-10(8)14)7-3-5-12-6-4-7/h1-6H,11H2,(H,13,14). The average molecular weight is 187 g/mol. The van der Waals surface area contributed by atoms with Crippen LogP contribution in [0.3, 0.4) is 0 Å². The van der Waals surface area contributed by atoms with Crippen molar-refractivity contribution in [1.82, 2.24) is 9.97 Å². The number of hydrogen-bond acceptors (Lipinski definition) is 3. The smallest absolute Gasteiger partial charge is 0.271 e. The predicted octanol–water partition coefficient (Wildman–Crippen LogP) is 1.02. The molecule has 4 heteroatoms. The molecular formula is C10H9N3O. The Morgan fingerprint density at radius 3 is 2.50 bits per heavy atom. The first-order valence-electron chi connectivity index (χ1n) is 4.16. The number of aromatic nitrogens is 2. The number of nitrogens with two attached hydrogens (primary N) is 1. The first kappa shape index (κ1) is 8.50. The fraction of sp³-hybridized carbons (Fsp3) is 0. The largest absolute Gasteiger partial charge is 0.394 e. The summed E-state index contributed by atoms with van der Waals surface area (Å²) in [6, 6.07) is 7.00. The van der Waals surface area contributed by atoms with Gasteiger partial charge in [-0.3, -0.25) is 9.78 Å². The van der Waals surface area contributed by atoms with Gasteiger partial charge >= 0.3 is 0 Å². The van der Waals surface area contributed by atoms with E-state index in [1.807, 2.05) is 12.1 Å². The number of aromatic amines is 1. The highest BCUT2D eigenvalue weighted by molar-refractivity contribution is 5.59. The summed E-state index contributed by atoms with van der Waals surface area (Å²) < 4.78 is 0. The van der Waals surface area contributed by atoms with Crippen LogP contribution in [0.15, 0.2) is 41.5 Å². The monoisotopic (exact) mass is 187 g/mol. The zero-order valence-electron chi connectivity index (χ0n) is 7.40. The van der Waals surface area contributed by atoms with Gasteiger partial charge in [-0.15, -0.1) is 0 Å². The molecule has 14 heavy (non-hydrogen) atoms. The van der Waals surface area contributed by atoms with Crippen LogP contribution in [0.4, 0.5) is 5.69 Å². The van der Waals surface area contributed by atoms with Crippen molar-refractivity contribution in [3.63, 3.8) is 0 Å². The summed E-state index contributed by atoms with van der Waals surface area (Å²) in [4.78, 5) is 17.8. The number of H-pyrrole nitrogens is 1. The van der Waals surface area contributed by atoms with E-state index in [1.165, 1.54) is 0 Å². The first-order chi connectivity index (χ1) is 6.77. The van der Waals surface area contributed by atoms with Gasteiger partial charge in [-0.2, -0.15) is 0 Å². The third-order valence-electron chi connectivity index (χ3n) is 1.93. The van der Waals surface area contributed by atoms with Crippen LogP contribution in [0.5, 0.6) is 0 Å². The predicted molar refractivity (Wildman–Crippen MR) is 54.7 cm³/mol. The maximum absolute atomic E-state index is 11.2. The molecule has 2 heterocycles. The molecular weight excluding hydrogens is 178 g/mol. The number of pyridine rings is 2. The second-order valence-corrected chi connectivity index (χ2v) is 2.89. The highest BCUT2D eigenvalue weighted by Crippen LogP contribution is 2.13. The van der Waals surface area contributed by atoms with Gasteiger partial charge in [0.1, 0.15) is 0 Å². The molecule has 70 valence electrons. The van der Waals surface area contributed by atoms with E-state index in [0.717, 1.165) is 11.3 Å². The Kier molecular flexibility index (Phi) is 2.02. The van der Waals surface area contributed by atoms with Crippen molar-refractivity contribution in [3.05, 3.63) is 47.0 Å². The number of hydrogen-bond donors (Lipinski definition) is 2. The van der Waals surface area contributed by atoms with Gasteiger partial charge in [0, 0.05) is 23.7 Å². The van der Waals surface area contributed by atoms with Gasteiger partial charge in [0.2, 0.25) is 0 Å². The molecule has 0 atom stereocenters. The van der Waals surface area contributed by atoms with E-state index in [0.29, 0.717) is 0 Å². The lowest BCUT2D eigenvalue weighted by Gasteiger charge is -2.00. The Labute approximate surface area is 80.4 Å². The van der Waals surface area contributed by atoms with Gasteiger partial charge in [0.15, 0.2) is 0 Å². The Morgan fingerprint density at radius 2 is 1.86 bits per heavy atom. The van der Waals surface area contributed by atoms with Crippen molar-refractivity contribution >= 4 is 5.69 Å². The van der Waals surface area contributed by atoms with Crippen molar-refractivity contribution in [3.8, 4) is 11.3 Å². The lowest BCUT2D eigenvalue weighted by Crippen LogP contribution is -2.11. The topological polar surface area (TPSA) is 71.8 Å². The number of nitrogen functional groups attached to an aromatic ring is 1. The van der Waals surface area contributed by atoms with Crippen LogP contribution in [-0.2, 0) is 0 Å². The number of nitrogens with zero attached hydrogens (tertiary/aromatic N) is 1. The van der Waals surface area contributed by atoms with Crippen LogP contribution in [0.1, 0.15) is 0 Å². The average Bonchev–Trinajstić information content (AvgIpc) is 2.23. The molecule has 0 radical (unpaired) electrons. The molecule has 0 aliphatic heterocycles. The van der Waals surface area contributed by atoms with Crippen molar-refractivity contribution in [2.75, 3.05) is 5.73 Å². The third-order valence-corrected chi connectivity index (χ3v) is 1.93. The van der Waals surface area contributed by atoms with E-state index in [2.05, 4.69) is 9.97 Å². The van der Waals surface area contributed by atoms with Crippen molar-refractivity contribution in [1.29, 1.82) is 0 Å². The van der Waals surface area contributed by atoms with Crippen LogP contribution < -0.4 is 11.3 Å².